The highest BCUT2D eigenvalue weighted by Gasteiger charge is 2.23. The molecule has 12 heteroatoms. The van der Waals surface area contributed by atoms with Crippen molar-refractivity contribution < 1.29 is 28.7 Å². The molecule has 0 spiro atoms. The van der Waals surface area contributed by atoms with Crippen LogP contribution in [0.5, 0.6) is 17.2 Å². The molecule has 0 saturated carbocycles. The summed E-state index contributed by atoms with van der Waals surface area (Å²) in [4.78, 5) is 46.2. The van der Waals surface area contributed by atoms with Crippen molar-refractivity contribution in [3.63, 3.8) is 0 Å². The molecule has 0 bridgehead atoms. The van der Waals surface area contributed by atoms with Gasteiger partial charge in [-0.3, -0.25) is 15.4 Å². The van der Waals surface area contributed by atoms with Crippen molar-refractivity contribution in [2.75, 3.05) is 23.7 Å². The normalized spacial score (nSPS) is 13.0. The second-order valence-corrected chi connectivity index (χ2v) is 13.9. The van der Waals surface area contributed by atoms with Crippen LogP contribution in [0.2, 0.25) is 10.0 Å². The van der Waals surface area contributed by atoms with Gasteiger partial charge in [-0.1, -0.05) is 29.6 Å². The smallest absolute Gasteiger partial charge is 0.410 e. The Morgan fingerprint density at radius 3 is 1.75 bits per heavy atom. The van der Waals surface area contributed by atoms with Gasteiger partial charge in [0.25, 0.3) is 0 Å². The van der Waals surface area contributed by atoms with E-state index in [1.807, 2.05) is 17.2 Å². The van der Waals surface area contributed by atoms with E-state index < -0.39 is 12.2 Å². The van der Waals surface area contributed by atoms with E-state index in [0.717, 1.165) is 36.2 Å². The van der Waals surface area contributed by atoms with Gasteiger partial charge in [0.05, 0.1) is 0 Å². The number of benzene rings is 5. The summed E-state index contributed by atoms with van der Waals surface area (Å²) in [5.74, 6) is 1.11. The summed E-state index contributed by atoms with van der Waals surface area (Å²) in [6, 6.07) is 32.6. The Hall–Kier alpha value is -5.39. The van der Waals surface area contributed by atoms with Crippen LogP contribution in [0.25, 0.3) is 20.5 Å². The van der Waals surface area contributed by atoms with Crippen molar-refractivity contribution in [1.82, 2.24) is 5.06 Å². The number of rotatable bonds is 9. The molecule has 1 saturated heterocycles. The highest BCUT2D eigenvalue weighted by molar-refractivity contribution is 7.22. The van der Waals surface area contributed by atoms with Crippen molar-refractivity contribution >= 4 is 74.0 Å². The minimum atomic E-state index is -0.669. The molecule has 1 fully saturated rings. The summed E-state index contributed by atoms with van der Waals surface area (Å²) >= 11 is 13.3. The van der Waals surface area contributed by atoms with Crippen molar-refractivity contribution in [3.05, 3.63) is 136 Å². The molecule has 0 aliphatic carbocycles. The molecule has 5 aromatic carbocycles. The fourth-order valence-corrected chi connectivity index (χ4v) is 7.21. The van der Waals surface area contributed by atoms with Gasteiger partial charge in [0, 0.05) is 60.6 Å². The summed E-state index contributed by atoms with van der Waals surface area (Å²) in [6.45, 7) is 1.74. The molecule has 1 aliphatic rings. The number of amides is 2. The Bertz CT molecular complexity index is 2220. The van der Waals surface area contributed by atoms with E-state index in [-0.39, 0.29) is 5.78 Å². The average Bonchev–Trinajstić information content (AvgIpc) is 3.53. The molecule has 7 rings (SSSR count). The van der Waals surface area contributed by atoms with Gasteiger partial charge in [-0.15, -0.1) is 16.4 Å². The van der Waals surface area contributed by atoms with E-state index in [0.29, 0.717) is 60.1 Å². The maximum absolute atomic E-state index is 14.3. The Kier molecular flexibility index (Phi) is 10.7. The molecule has 1 aromatic heterocycles. The summed E-state index contributed by atoms with van der Waals surface area (Å²) in [5, 5.41) is 9.10. The lowest BCUT2D eigenvalue weighted by atomic mass is 9.97. The monoisotopic (exact) mass is 751 g/mol. The molecule has 0 atom stereocenters. The molecule has 6 aromatic rings. The zero-order valence-electron chi connectivity index (χ0n) is 27.6. The SMILES string of the molecule is O=C(Nc1ccc(Cl)cc1)Oc1ccc(-c2sc3cc(OC(=O)Nc4ccc(Cl)cc4)ccc3c2C(=O)c2ccc(ON3CCCCC3)cc2)cc1. The number of halogens is 2. The fourth-order valence-electron chi connectivity index (χ4n) is 5.73. The van der Waals surface area contributed by atoms with Crippen LogP contribution in [0.1, 0.15) is 35.2 Å². The zero-order valence-corrected chi connectivity index (χ0v) is 29.9. The number of anilines is 2. The predicted octanol–water partition coefficient (Wildman–Crippen LogP) is 11.1. The summed E-state index contributed by atoms with van der Waals surface area (Å²) in [6.07, 6.45) is 2.05. The first kappa shape index (κ1) is 35.0. The lowest BCUT2D eigenvalue weighted by Gasteiger charge is -2.26. The molecule has 52 heavy (non-hydrogen) atoms. The molecule has 2 amide bonds. The van der Waals surface area contributed by atoms with Gasteiger partial charge in [-0.2, -0.15) is 0 Å². The van der Waals surface area contributed by atoms with Crippen LogP contribution in [-0.4, -0.2) is 36.1 Å². The molecule has 262 valence electrons. The molecule has 9 nitrogen and oxygen atoms in total. The highest BCUT2D eigenvalue weighted by atomic mass is 35.5. The Morgan fingerprint density at radius 1 is 0.615 bits per heavy atom. The Balaban J connectivity index is 1.15. The second-order valence-electron chi connectivity index (χ2n) is 12.0. The molecular formula is C40H31Cl2N3O6S. The maximum Gasteiger partial charge on any atom is 0.417 e. The zero-order chi connectivity index (χ0) is 36.0. The van der Waals surface area contributed by atoms with Crippen LogP contribution in [0.3, 0.4) is 0 Å². The Labute approximate surface area is 313 Å². The minimum Gasteiger partial charge on any atom is -0.410 e. The van der Waals surface area contributed by atoms with Gasteiger partial charge in [-0.05, 0) is 134 Å². The average molecular weight is 753 g/mol. The molecule has 0 radical (unpaired) electrons. The molecule has 2 N–H and O–H groups in total. The van der Waals surface area contributed by atoms with E-state index in [1.165, 1.54) is 17.8 Å². The third-order valence-corrected chi connectivity index (χ3v) is 9.98. The second kappa shape index (κ2) is 15.9. The Morgan fingerprint density at radius 2 is 1.15 bits per heavy atom. The first-order valence-electron chi connectivity index (χ1n) is 16.5. The number of nitrogens with one attached hydrogen (secondary N) is 2. The molecule has 2 heterocycles. The van der Waals surface area contributed by atoms with Crippen LogP contribution in [-0.2, 0) is 0 Å². The van der Waals surface area contributed by atoms with E-state index >= 15 is 0 Å². The quantitative estimate of drug-likeness (QED) is 0.142. The number of hydroxylamine groups is 2. The fraction of sp³-hybridized carbons (Fsp3) is 0.125. The van der Waals surface area contributed by atoms with Gasteiger partial charge in [0.2, 0.25) is 0 Å². The number of thiophene rings is 1. The third-order valence-electron chi connectivity index (χ3n) is 8.27. The number of carbonyl (C=O) groups excluding carboxylic acids is 3. The van der Waals surface area contributed by atoms with Gasteiger partial charge in [-0.25, -0.2) is 9.59 Å². The van der Waals surface area contributed by atoms with Crippen LogP contribution in [0.4, 0.5) is 21.0 Å². The molecular weight excluding hydrogens is 721 g/mol. The van der Waals surface area contributed by atoms with E-state index in [2.05, 4.69) is 10.6 Å². The van der Waals surface area contributed by atoms with Crippen LogP contribution in [0, 0.1) is 0 Å². The lowest BCUT2D eigenvalue weighted by molar-refractivity contribution is -0.0720. The predicted molar refractivity (Wildman–Crippen MR) is 205 cm³/mol. The number of ketones is 1. The van der Waals surface area contributed by atoms with Gasteiger partial charge < -0.3 is 14.3 Å². The number of hydrogen-bond acceptors (Lipinski definition) is 8. The summed E-state index contributed by atoms with van der Waals surface area (Å²) in [7, 11) is 0. The van der Waals surface area contributed by atoms with E-state index in [9.17, 15) is 14.4 Å². The van der Waals surface area contributed by atoms with Gasteiger partial charge in [0.1, 0.15) is 17.2 Å². The first-order chi connectivity index (χ1) is 25.3. The number of piperidine rings is 1. The van der Waals surface area contributed by atoms with Crippen molar-refractivity contribution in [3.8, 4) is 27.7 Å². The maximum atomic E-state index is 14.3. The molecule has 1 aliphatic heterocycles. The van der Waals surface area contributed by atoms with E-state index in [4.69, 9.17) is 37.5 Å². The third kappa shape index (κ3) is 8.55. The lowest BCUT2D eigenvalue weighted by Crippen LogP contribution is -2.32. The van der Waals surface area contributed by atoms with Gasteiger partial charge >= 0.3 is 12.2 Å². The van der Waals surface area contributed by atoms with Crippen molar-refractivity contribution in [2.24, 2.45) is 0 Å². The summed E-state index contributed by atoms with van der Waals surface area (Å²) in [5.41, 5.74) is 2.80. The van der Waals surface area contributed by atoms with Gasteiger partial charge in [0.15, 0.2) is 5.78 Å². The van der Waals surface area contributed by atoms with Crippen LogP contribution < -0.4 is 24.9 Å². The highest BCUT2D eigenvalue weighted by Crippen LogP contribution is 2.42. The van der Waals surface area contributed by atoms with Crippen molar-refractivity contribution in [2.45, 2.75) is 19.3 Å². The van der Waals surface area contributed by atoms with Crippen molar-refractivity contribution in [1.29, 1.82) is 0 Å². The number of ether oxygens (including phenoxy) is 2. The number of hydrogen-bond donors (Lipinski definition) is 2. The first-order valence-corrected chi connectivity index (χ1v) is 18.1. The largest absolute Gasteiger partial charge is 0.417 e. The summed E-state index contributed by atoms with van der Waals surface area (Å²) < 4.78 is 11.8. The standard InChI is InChI=1S/C40H31Cl2N3O6S/c41-27-8-12-29(13-9-27)43-39(47)49-31-16-6-26(7-17-31)38-36(37(46)25-4-18-32(19-5-25)51-45-22-2-1-3-23-45)34-21-20-33(24-35(34)52-38)50-40(48)44-30-14-10-28(42)11-15-30/h4-21,24H,1-3,22-23H2,(H,43,47)(H,44,48). The number of nitrogens with zero attached hydrogens (tertiary/aromatic N) is 1. The van der Waals surface area contributed by atoms with Crippen LogP contribution >= 0.6 is 34.5 Å². The molecule has 0 unspecified atom stereocenters. The topological polar surface area (TPSA) is 106 Å². The van der Waals surface area contributed by atoms with E-state index in [1.54, 1.807) is 103 Å². The van der Waals surface area contributed by atoms with Crippen LogP contribution in [0.15, 0.2) is 115 Å². The number of fused-ring (bicyclic) bond motifs is 1. The number of carbonyl (C=O) groups is 3. The minimum absolute atomic E-state index is 0.178.